The molecule has 0 aliphatic carbocycles. The van der Waals surface area contributed by atoms with E-state index in [-0.39, 0.29) is 10.8 Å². The Balaban J connectivity index is 2.08. The smallest absolute Gasteiger partial charge is 0.248 e. The number of furan rings is 1. The average Bonchev–Trinajstić information content (AvgIpc) is 2.82. The van der Waals surface area contributed by atoms with Crippen molar-refractivity contribution in [2.75, 3.05) is 11.6 Å². The number of hydrogen-bond donors (Lipinski definition) is 1. The Hall–Kier alpha value is -1.61. The molecule has 0 aliphatic rings. The topological polar surface area (TPSA) is 76.4 Å². The summed E-state index contributed by atoms with van der Waals surface area (Å²) in [6.45, 7) is 0. The Labute approximate surface area is 136 Å². The second-order valence-electron chi connectivity index (χ2n) is 4.26. The Morgan fingerprint density at radius 2 is 2.05 bits per heavy atom. The second kappa shape index (κ2) is 6.44. The fourth-order valence-corrected chi connectivity index (χ4v) is 2.66. The van der Waals surface area contributed by atoms with Gasteiger partial charge < -0.3 is 9.73 Å². The molecule has 2 rings (SSSR count). The number of nitrogens with one attached hydrogen (secondary N) is 1. The van der Waals surface area contributed by atoms with E-state index in [4.69, 9.17) is 4.42 Å². The number of amides is 1. The third-order valence-corrected chi connectivity index (χ3v) is 4.21. The minimum Gasteiger partial charge on any atom is -0.451 e. The summed E-state index contributed by atoms with van der Waals surface area (Å²) in [5.74, 6) is 0.200. The monoisotopic (exact) mass is 417 g/mol. The van der Waals surface area contributed by atoms with E-state index in [1.165, 1.54) is 24.3 Å². The Kier molecular flexibility index (Phi) is 4.84. The number of anilines is 1. The van der Waals surface area contributed by atoms with Gasteiger partial charge in [0.2, 0.25) is 5.91 Å². The van der Waals surface area contributed by atoms with Gasteiger partial charge in [-0.2, -0.15) is 0 Å². The van der Waals surface area contributed by atoms with E-state index < -0.39 is 9.84 Å². The molecule has 0 radical (unpaired) electrons. The lowest BCUT2D eigenvalue weighted by atomic mass is 10.3. The Morgan fingerprint density at radius 3 is 2.67 bits per heavy atom. The van der Waals surface area contributed by atoms with Crippen molar-refractivity contribution >= 4 is 50.1 Å². The summed E-state index contributed by atoms with van der Waals surface area (Å²) in [6, 6.07) is 9.62. The first-order valence-corrected chi connectivity index (χ1v) is 8.86. The quantitative estimate of drug-likeness (QED) is 0.613. The molecular formula is C14H12INO4S. The molecular weight excluding hydrogens is 405 g/mol. The standard InChI is InChI=1S/C14H12INO4S/c1-21(18,19)12-4-2-3-10(9-12)16-14(17)8-6-11-5-7-13(15)20-11/h2-9H,1H3,(H,16,17)/b8-6+. The van der Waals surface area contributed by atoms with Gasteiger partial charge in [0, 0.05) is 18.0 Å². The summed E-state index contributed by atoms with van der Waals surface area (Å²) in [5, 5.41) is 2.60. The van der Waals surface area contributed by atoms with Crippen molar-refractivity contribution in [3.05, 3.63) is 52.0 Å². The van der Waals surface area contributed by atoms with Crippen LogP contribution in [0.15, 0.2) is 51.8 Å². The molecule has 0 saturated heterocycles. The lowest BCUT2D eigenvalue weighted by molar-refractivity contribution is -0.111. The highest BCUT2D eigenvalue weighted by molar-refractivity contribution is 14.1. The van der Waals surface area contributed by atoms with Gasteiger partial charge >= 0.3 is 0 Å². The first-order chi connectivity index (χ1) is 9.84. The predicted molar refractivity (Wildman–Crippen MR) is 88.6 cm³/mol. The van der Waals surface area contributed by atoms with Crippen LogP contribution in [0.2, 0.25) is 0 Å². The van der Waals surface area contributed by atoms with Gasteiger partial charge in [0.15, 0.2) is 13.6 Å². The molecule has 0 aliphatic heterocycles. The number of benzene rings is 1. The molecule has 0 saturated carbocycles. The van der Waals surface area contributed by atoms with Gasteiger partial charge in [-0.1, -0.05) is 6.07 Å². The molecule has 0 atom stereocenters. The second-order valence-corrected chi connectivity index (χ2v) is 7.34. The van der Waals surface area contributed by atoms with Gasteiger partial charge in [0.1, 0.15) is 5.76 Å². The maximum atomic E-state index is 11.8. The van der Waals surface area contributed by atoms with Crippen LogP contribution >= 0.6 is 22.6 Å². The van der Waals surface area contributed by atoms with E-state index in [0.717, 1.165) is 10.0 Å². The van der Waals surface area contributed by atoms with Crippen LogP contribution in [0.1, 0.15) is 5.76 Å². The zero-order chi connectivity index (χ0) is 15.5. The fourth-order valence-electron chi connectivity index (χ4n) is 1.56. The third kappa shape index (κ3) is 4.71. The molecule has 5 nitrogen and oxygen atoms in total. The van der Waals surface area contributed by atoms with Crippen LogP contribution in [0.5, 0.6) is 0 Å². The number of rotatable bonds is 4. The summed E-state index contributed by atoms with van der Waals surface area (Å²) in [4.78, 5) is 11.9. The van der Waals surface area contributed by atoms with Crippen LogP contribution in [0.4, 0.5) is 5.69 Å². The van der Waals surface area contributed by atoms with Crippen molar-refractivity contribution in [3.8, 4) is 0 Å². The molecule has 7 heteroatoms. The Morgan fingerprint density at radius 1 is 1.29 bits per heavy atom. The van der Waals surface area contributed by atoms with E-state index in [2.05, 4.69) is 5.32 Å². The normalized spacial score (nSPS) is 11.7. The highest BCUT2D eigenvalue weighted by Crippen LogP contribution is 2.15. The lowest BCUT2D eigenvalue weighted by Gasteiger charge is -2.04. The summed E-state index contributed by atoms with van der Waals surface area (Å²) in [5.41, 5.74) is 0.418. The summed E-state index contributed by atoms with van der Waals surface area (Å²) in [7, 11) is -3.30. The van der Waals surface area contributed by atoms with Gasteiger partial charge in [-0.3, -0.25) is 4.79 Å². The third-order valence-electron chi connectivity index (χ3n) is 2.52. The van der Waals surface area contributed by atoms with Crippen LogP contribution in [0.3, 0.4) is 0 Å². The fraction of sp³-hybridized carbons (Fsp3) is 0.0714. The molecule has 1 aromatic carbocycles. The zero-order valence-electron chi connectivity index (χ0n) is 11.0. The average molecular weight is 417 g/mol. The van der Waals surface area contributed by atoms with Crippen LogP contribution < -0.4 is 5.32 Å². The lowest BCUT2D eigenvalue weighted by Crippen LogP contribution is -2.08. The van der Waals surface area contributed by atoms with Gasteiger partial charge in [-0.25, -0.2) is 8.42 Å². The largest absolute Gasteiger partial charge is 0.451 e. The van der Waals surface area contributed by atoms with Crippen LogP contribution in [0.25, 0.3) is 6.08 Å². The minimum atomic E-state index is -3.30. The van der Waals surface area contributed by atoms with Gasteiger partial charge in [-0.15, -0.1) is 0 Å². The molecule has 0 spiro atoms. The van der Waals surface area contributed by atoms with Crippen molar-refractivity contribution in [1.82, 2.24) is 0 Å². The maximum Gasteiger partial charge on any atom is 0.248 e. The first-order valence-electron chi connectivity index (χ1n) is 5.89. The first kappa shape index (κ1) is 15.8. The van der Waals surface area contributed by atoms with Gasteiger partial charge in [0.05, 0.1) is 4.90 Å². The van der Waals surface area contributed by atoms with E-state index in [9.17, 15) is 13.2 Å². The molecule has 1 aromatic heterocycles. The molecule has 1 heterocycles. The Bertz CT molecular complexity index is 793. The van der Waals surface area contributed by atoms with E-state index in [0.29, 0.717) is 11.4 Å². The summed E-state index contributed by atoms with van der Waals surface area (Å²) >= 11 is 2.03. The van der Waals surface area contributed by atoms with Crippen molar-refractivity contribution in [1.29, 1.82) is 0 Å². The number of sulfone groups is 1. The molecule has 0 fully saturated rings. The van der Waals surface area contributed by atoms with Crippen molar-refractivity contribution < 1.29 is 17.6 Å². The zero-order valence-corrected chi connectivity index (χ0v) is 14.0. The number of carbonyl (C=O) groups is 1. The van der Waals surface area contributed by atoms with Crippen molar-refractivity contribution in [2.45, 2.75) is 4.90 Å². The van der Waals surface area contributed by atoms with Crippen LogP contribution in [-0.4, -0.2) is 20.6 Å². The molecule has 0 unspecified atom stereocenters. The van der Waals surface area contributed by atoms with Crippen molar-refractivity contribution in [2.24, 2.45) is 0 Å². The van der Waals surface area contributed by atoms with Gasteiger partial charge in [-0.05, 0) is 59.0 Å². The highest BCUT2D eigenvalue weighted by atomic mass is 127. The van der Waals surface area contributed by atoms with Crippen LogP contribution in [0, 0.1) is 3.77 Å². The molecule has 2 aromatic rings. The molecule has 1 N–H and O–H groups in total. The van der Waals surface area contributed by atoms with Crippen LogP contribution in [-0.2, 0) is 14.6 Å². The number of hydrogen-bond acceptors (Lipinski definition) is 4. The molecule has 1 amide bonds. The van der Waals surface area contributed by atoms with Gasteiger partial charge in [0.25, 0.3) is 0 Å². The highest BCUT2D eigenvalue weighted by Gasteiger charge is 2.08. The van der Waals surface area contributed by atoms with E-state index >= 15 is 0 Å². The van der Waals surface area contributed by atoms with Crippen molar-refractivity contribution in [3.63, 3.8) is 0 Å². The minimum absolute atomic E-state index is 0.157. The summed E-state index contributed by atoms with van der Waals surface area (Å²) in [6.07, 6.45) is 3.98. The van der Waals surface area contributed by atoms with E-state index in [1.807, 2.05) is 22.6 Å². The molecule has 0 bridgehead atoms. The number of halogens is 1. The SMILES string of the molecule is CS(=O)(=O)c1cccc(NC(=O)/C=C/c2ccc(I)o2)c1. The summed E-state index contributed by atoms with van der Waals surface area (Å²) < 4.78 is 28.9. The van der Waals surface area contributed by atoms with E-state index in [1.54, 1.807) is 24.3 Å². The predicted octanol–water partition coefficient (Wildman–Crippen LogP) is 2.94. The maximum absolute atomic E-state index is 11.8. The number of carbonyl (C=O) groups excluding carboxylic acids is 1. The molecule has 21 heavy (non-hydrogen) atoms. The molecule has 110 valence electrons.